The highest BCUT2D eigenvalue weighted by Crippen LogP contribution is 2.11. The molecular weight excluding hydrogens is 250 g/mol. The van der Waals surface area contributed by atoms with Crippen LogP contribution in [0.2, 0.25) is 0 Å². The predicted molar refractivity (Wildman–Crippen MR) is 71.8 cm³/mol. The topological polar surface area (TPSA) is 26.3 Å². The Morgan fingerprint density at radius 1 is 1.06 bits per heavy atom. The third kappa shape index (κ3) is 7.72. The molecular formula is C14H28ClNO2. The summed E-state index contributed by atoms with van der Waals surface area (Å²) in [6, 6.07) is 0. The third-order valence-electron chi connectivity index (χ3n) is 3.07. The standard InChI is InChI=1S/C14H28NO2.ClH/c1-5-9-15(10-6-2,11-7-3)12-13-17-14(16)8-4;/h8H,4-7,9-13H2,1-3H3;1H/q+1;/p-1. The van der Waals surface area contributed by atoms with Crippen LogP contribution >= 0.6 is 0 Å². The van der Waals surface area contributed by atoms with Gasteiger partial charge in [-0.15, -0.1) is 0 Å². The summed E-state index contributed by atoms with van der Waals surface area (Å²) in [7, 11) is 0. The minimum absolute atomic E-state index is 0. The molecule has 0 atom stereocenters. The number of nitrogens with zero attached hydrogens (tertiary/aromatic N) is 1. The molecule has 0 saturated heterocycles. The lowest BCUT2D eigenvalue weighted by atomic mass is 10.2. The molecule has 0 heterocycles. The number of esters is 1. The average molecular weight is 278 g/mol. The molecule has 0 radical (unpaired) electrons. The molecule has 4 heteroatoms. The van der Waals surface area contributed by atoms with E-state index in [1.165, 1.54) is 45.0 Å². The van der Waals surface area contributed by atoms with Crippen molar-refractivity contribution in [2.75, 3.05) is 32.8 Å². The van der Waals surface area contributed by atoms with Gasteiger partial charge in [0.1, 0.15) is 13.2 Å². The van der Waals surface area contributed by atoms with Crippen molar-refractivity contribution >= 4 is 5.97 Å². The molecule has 0 aromatic heterocycles. The van der Waals surface area contributed by atoms with Gasteiger partial charge in [-0.3, -0.25) is 0 Å². The molecule has 0 amide bonds. The molecule has 0 N–H and O–H groups in total. The maximum atomic E-state index is 11.0. The lowest BCUT2D eigenvalue weighted by molar-refractivity contribution is -0.928. The molecule has 0 aliphatic heterocycles. The average Bonchev–Trinajstić information content (AvgIpc) is 2.30. The SMILES string of the molecule is C=CC(=O)OCC[N+](CCC)(CCC)CCC.[Cl-]. The van der Waals surface area contributed by atoms with E-state index in [4.69, 9.17) is 4.74 Å². The highest BCUT2D eigenvalue weighted by atomic mass is 35.5. The van der Waals surface area contributed by atoms with Crippen molar-refractivity contribution < 1.29 is 26.4 Å². The molecule has 0 aromatic rings. The van der Waals surface area contributed by atoms with E-state index in [1.54, 1.807) is 0 Å². The van der Waals surface area contributed by atoms with Crippen LogP contribution in [0, 0.1) is 0 Å². The van der Waals surface area contributed by atoms with E-state index in [0.29, 0.717) is 6.61 Å². The predicted octanol–water partition coefficient (Wildman–Crippen LogP) is -0.234. The Hall–Kier alpha value is -0.540. The van der Waals surface area contributed by atoms with Crippen molar-refractivity contribution in [1.29, 1.82) is 0 Å². The van der Waals surface area contributed by atoms with Gasteiger partial charge in [0, 0.05) is 6.08 Å². The van der Waals surface area contributed by atoms with Crippen LogP contribution in [0.25, 0.3) is 0 Å². The first-order valence-corrected chi connectivity index (χ1v) is 6.78. The second-order valence-corrected chi connectivity index (χ2v) is 4.61. The number of carbonyl (C=O) groups excluding carboxylic acids is 1. The number of hydrogen-bond acceptors (Lipinski definition) is 2. The number of halogens is 1. The minimum atomic E-state index is -0.312. The number of quaternary nitrogens is 1. The molecule has 0 fully saturated rings. The lowest BCUT2D eigenvalue weighted by Gasteiger charge is -2.38. The summed E-state index contributed by atoms with van der Waals surface area (Å²) in [5, 5.41) is 0. The summed E-state index contributed by atoms with van der Waals surface area (Å²) in [6.45, 7) is 15.0. The lowest BCUT2D eigenvalue weighted by Crippen LogP contribution is -3.00. The Bertz CT molecular complexity index is 215. The van der Waals surface area contributed by atoms with Crippen LogP contribution in [0.3, 0.4) is 0 Å². The second-order valence-electron chi connectivity index (χ2n) is 4.61. The molecule has 0 aliphatic carbocycles. The van der Waals surface area contributed by atoms with Gasteiger partial charge in [0.15, 0.2) is 0 Å². The number of ether oxygens (including phenoxy) is 1. The fourth-order valence-electron chi connectivity index (χ4n) is 2.49. The van der Waals surface area contributed by atoms with Gasteiger partial charge in [-0.05, 0) is 19.3 Å². The van der Waals surface area contributed by atoms with E-state index < -0.39 is 0 Å². The quantitative estimate of drug-likeness (QED) is 0.313. The van der Waals surface area contributed by atoms with Crippen LogP contribution < -0.4 is 12.4 Å². The van der Waals surface area contributed by atoms with E-state index in [9.17, 15) is 4.79 Å². The number of hydrogen-bond donors (Lipinski definition) is 0. The molecule has 0 aliphatic rings. The minimum Gasteiger partial charge on any atom is -1.00 e. The first-order valence-electron chi connectivity index (χ1n) is 6.78. The Morgan fingerprint density at radius 3 is 1.83 bits per heavy atom. The van der Waals surface area contributed by atoms with Gasteiger partial charge in [-0.1, -0.05) is 27.4 Å². The summed E-state index contributed by atoms with van der Waals surface area (Å²) in [4.78, 5) is 11.0. The zero-order chi connectivity index (χ0) is 13.1. The molecule has 0 saturated carbocycles. The van der Waals surface area contributed by atoms with Crippen LogP contribution in [-0.4, -0.2) is 43.2 Å². The van der Waals surface area contributed by atoms with Gasteiger partial charge in [0.05, 0.1) is 19.6 Å². The van der Waals surface area contributed by atoms with E-state index in [-0.39, 0.29) is 18.4 Å². The van der Waals surface area contributed by atoms with Crippen LogP contribution in [0.5, 0.6) is 0 Å². The monoisotopic (exact) mass is 277 g/mol. The smallest absolute Gasteiger partial charge is 0.330 e. The molecule has 0 unspecified atom stereocenters. The van der Waals surface area contributed by atoms with Gasteiger partial charge < -0.3 is 21.6 Å². The molecule has 0 rings (SSSR count). The highest BCUT2D eigenvalue weighted by Gasteiger charge is 2.24. The molecule has 108 valence electrons. The van der Waals surface area contributed by atoms with Gasteiger partial charge >= 0.3 is 5.97 Å². The summed E-state index contributed by atoms with van der Waals surface area (Å²) in [5.41, 5.74) is 0. The zero-order valence-electron chi connectivity index (χ0n) is 12.1. The van der Waals surface area contributed by atoms with Crippen LogP contribution in [0.1, 0.15) is 40.0 Å². The van der Waals surface area contributed by atoms with Crippen molar-refractivity contribution in [3.63, 3.8) is 0 Å². The molecule has 0 aromatic carbocycles. The highest BCUT2D eigenvalue weighted by molar-refractivity contribution is 5.81. The number of carbonyl (C=O) groups is 1. The van der Waals surface area contributed by atoms with E-state index in [2.05, 4.69) is 27.4 Å². The molecule has 0 spiro atoms. The van der Waals surface area contributed by atoms with Crippen molar-refractivity contribution in [2.24, 2.45) is 0 Å². The van der Waals surface area contributed by atoms with Gasteiger partial charge in [0.2, 0.25) is 0 Å². The Balaban J connectivity index is 0. The summed E-state index contributed by atoms with van der Waals surface area (Å²) >= 11 is 0. The second kappa shape index (κ2) is 11.5. The Labute approximate surface area is 118 Å². The summed E-state index contributed by atoms with van der Waals surface area (Å²) in [6.07, 6.45) is 4.76. The zero-order valence-corrected chi connectivity index (χ0v) is 12.8. The maximum absolute atomic E-state index is 11.0. The fourth-order valence-corrected chi connectivity index (χ4v) is 2.49. The molecule has 18 heavy (non-hydrogen) atoms. The van der Waals surface area contributed by atoms with Crippen LogP contribution in [-0.2, 0) is 9.53 Å². The summed E-state index contributed by atoms with van der Waals surface area (Å²) < 4.78 is 6.19. The largest absolute Gasteiger partial charge is 1.00 e. The van der Waals surface area contributed by atoms with Crippen molar-refractivity contribution in [2.45, 2.75) is 40.0 Å². The molecule has 0 bridgehead atoms. The van der Waals surface area contributed by atoms with Gasteiger partial charge in [-0.25, -0.2) is 4.79 Å². The first-order chi connectivity index (χ1) is 8.14. The Kier molecular flexibility index (Phi) is 12.7. The van der Waals surface area contributed by atoms with Crippen molar-refractivity contribution in [3.8, 4) is 0 Å². The van der Waals surface area contributed by atoms with E-state index in [0.717, 1.165) is 11.0 Å². The first kappa shape index (κ1) is 19.8. The fraction of sp³-hybridized carbons (Fsp3) is 0.786. The normalized spacial score (nSPS) is 10.6. The summed E-state index contributed by atoms with van der Waals surface area (Å²) in [5.74, 6) is -0.312. The van der Waals surface area contributed by atoms with E-state index in [1.807, 2.05) is 0 Å². The Morgan fingerprint density at radius 2 is 1.50 bits per heavy atom. The van der Waals surface area contributed by atoms with Crippen LogP contribution in [0.4, 0.5) is 0 Å². The van der Waals surface area contributed by atoms with E-state index >= 15 is 0 Å². The van der Waals surface area contributed by atoms with Crippen LogP contribution in [0.15, 0.2) is 12.7 Å². The maximum Gasteiger partial charge on any atom is 0.330 e. The number of rotatable bonds is 10. The third-order valence-corrected chi connectivity index (χ3v) is 3.07. The molecule has 3 nitrogen and oxygen atoms in total. The van der Waals surface area contributed by atoms with Gasteiger partial charge in [-0.2, -0.15) is 0 Å². The van der Waals surface area contributed by atoms with Gasteiger partial charge in [0.25, 0.3) is 0 Å². The van der Waals surface area contributed by atoms with Crippen molar-refractivity contribution in [3.05, 3.63) is 12.7 Å². The van der Waals surface area contributed by atoms with Crippen molar-refractivity contribution in [1.82, 2.24) is 0 Å².